The van der Waals surface area contributed by atoms with Gasteiger partial charge in [0.05, 0.1) is 0 Å². The maximum absolute atomic E-state index is 3.30. The average molecular weight is 129 g/mol. The van der Waals surface area contributed by atoms with E-state index in [2.05, 4.69) is 17.4 Å². The topological polar surface area (TPSA) is 18.5 Å². The van der Waals surface area contributed by atoms with Gasteiger partial charge in [0.2, 0.25) is 0 Å². The van der Waals surface area contributed by atoms with E-state index < -0.39 is 0 Å². The maximum atomic E-state index is 3.30. The monoisotopic (exact) mass is 129 g/mol. The standard InChI is InChI=1S/C6H15N3/c1-8(2)7-6-4-9(3)5-6/h6-7H,4-5H2,1-3H3. The Morgan fingerprint density at radius 3 is 2.33 bits per heavy atom. The number of rotatable bonds is 2. The van der Waals surface area contributed by atoms with Gasteiger partial charge in [-0.2, -0.15) is 0 Å². The second kappa shape index (κ2) is 2.64. The van der Waals surface area contributed by atoms with E-state index in [0.29, 0.717) is 6.04 Å². The lowest BCUT2D eigenvalue weighted by Gasteiger charge is -2.38. The SMILES string of the molecule is CN1CC(NN(C)C)C1. The molecule has 0 amide bonds. The fourth-order valence-corrected chi connectivity index (χ4v) is 1.15. The van der Waals surface area contributed by atoms with Crippen molar-refractivity contribution < 1.29 is 0 Å². The zero-order valence-corrected chi connectivity index (χ0v) is 6.39. The molecular weight excluding hydrogens is 114 g/mol. The zero-order valence-electron chi connectivity index (χ0n) is 6.39. The minimum absolute atomic E-state index is 0.685. The Kier molecular flexibility index (Phi) is 2.05. The van der Waals surface area contributed by atoms with Gasteiger partial charge in [-0.3, -0.25) is 10.4 Å². The molecular formula is C6H15N3. The number of nitrogens with one attached hydrogen (secondary N) is 1. The predicted molar refractivity (Wildman–Crippen MR) is 38.1 cm³/mol. The number of likely N-dealkylation sites (tertiary alicyclic amines) is 1. The molecule has 0 radical (unpaired) electrons. The van der Waals surface area contributed by atoms with Gasteiger partial charge in [-0.1, -0.05) is 0 Å². The van der Waals surface area contributed by atoms with Crippen LogP contribution in [0.1, 0.15) is 0 Å². The summed E-state index contributed by atoms with van der Waals surface area (Å²) in [6, 6.07) is 0.685. The van der Waals surface area contributed by atoms with E-state index in [-0.39, 0.29) is 0 Å². The van der Waals surface area contributed by atoms with Gasteiger partial charge < -0.3 is 4.90 Å². The van der Waals surface area contributed by atoms with Gasteiger partial charge in [0, 0.05) is 33.2 Å². The van der Waals surface area contributed by atoms with E-state index in [4.69, 9.17) is 0 Å². The first kappa shape index (κ1) is 6.99. The van der Waals surface area contributed by atoms with Gasteiger partial charge in [0.25, 0.3) is 0 Å². The third kappa shape index (κ3) is 1.93. The normalized spacial score (nSPS) is 22.7. The van der Waals surface area contributed by atoms with Crippen LogP contribution in [0.2, 0.25) is 0 Å². The van der Waals surface area contributed by atoms with Crippen molar-refractivity contribution in [1.29, 1.82) is 0 Å². The summed E-state index contributed by atoms with van der Waals surface area (Å²) in [5, 5.41) is 2.01. The predicted octanol–water partition coefficient (Wildman–Crippen LogP) is -0.633. The molecule has 1 heterocycles. The van der Waals surface area contributed by atoms with Crippen LogP contribution in [0.3, 0.4) is 0 Å². The van der Waals surface area contributed by atoms with Crippen LogP contribution in [0.4, 0.5) is 0 Å². The highest BCUT2D eigenvalue weighted by molar-refractivity contribution is 4.81. The molecule has 0 aromatic carbocycles. The smallest absolute Gasteiger partial charge is 0.0469 e. The Bertz CT molecular complexity index is 86.3. The summed E-state index contributed by atoms with van der Waals surface area (Å²) in [5.41, 5.74) is 3.30. The molecule has 0 saturated carbocycles. The summed E-state index contributed by atoms with van der Waals surface area (Å²) in [5.74, 6) is 0. The van der Waals surface area contributed by atoms with Crippen LogP contribution in [0.15, 0.2) is 0 Å². The van der Waals surface area contributed by atoms with E-state index in [1.807, 2.05) is 19.1 Å². The van der Waals surface area contributed by atoms with E-state index in [0.717, 1.165) is 0 Å². The second-order valence-electron chi connectivity index (χ2n) is 2.94. The van der Waals surface area contributed by atoms with E-state index in [1.54, 1.807) is 0 Å². The Morgan fingerprint density at radius 1 is 1.44 bits per heavy atom. The number of hydrazine groups is 1. The lowest BCUT2D eigenvalue weighted by atomic mass is 10.1. The van der Waals surface area contributed by atoms with Crippen LogP contribution in [0, 0.1) is 0 Å². The van der Waals surface area contributed by atoms with Crippen molar-refractivity contribution in [3.63, 3.8) is 0 Å². The quantitative estimate of drug-likeness (QED) is 0.501. The van der Waals surface area contributed by atoms with Crippen molar-refractivity contribution in [1.82, 2.24) is 15.3 Å². The van der Waals surface area contributed by atoms with Crippen LogP contribution < -0.4 is 5.43 Å². The summed E-state index contributed by atoms with van der Waals surface area (Å²) in [7, 11) is 6.18. The minimum atomic E-state index is 0.685. The summed E-state index contributed by atoms with van der Waals surface area (Å²) in [6.07, 6.45) is 0. The molecule has 0 aromatic rings. The average Bonchev–Trinajstić information content (AvgIpc) is 1.60. The molecule has 0 atom stereocenters. The lowest BCUT2D eigenvalue weighted by molar-refractivity contribution is 0.101. The molecule has 54 valence electrons. The van der Waals surface area contributed by atoms with Crippen LogP contribution in [0.5, 0.6) is 0 Å². The minimum Gasteiger partial charge on any atom is -0.303 e. The molecule has 0 aliphatic carbocycles. The van der Waals surface area contributed by atoms with E-state index in [9.17, 15) is 0 Å². The van der Waals surface area contributed by atoms with Crippen molar-refractivity contribution in [2.45, 2.75) is 6.04 Å². The molecule has 0 aromatic heterocycles. The summed E-state index contributed by atoms with van der Waals surface area (Å²) in [6.45, 7) is 2.36. The fourth-order valence-electron chi connectivity index (χ4n) is 1.15. The highest BCUT2D eigenvalue weighted by atomic mass is 15.5. The first-order valence-corrected chi connectivity index (χ1v) is 3.30. The van der Waals surface area contributed by atoms with E-state index >= 15 is 0 Å². The zero-order chi connectivity index (χ0) is 6.85. The summed E-state index contributed by atoms with van der Waals surface area (Å²) in [4.78, 5) is 2.29. The summed E-state index contributed by atoms with van der Waals surface area (Å²) < 4.78 is 0. The van der Waals surface area contributed by atoms with Crippen LogP contribution in [-0.4, -0.2) is 50.2 Å². The highest BCUT2D eigenvalue weighted by Crippen LogP contribution is 2.02. The molecule has 0 unspecified atom stereocenters. The van der Waals surface area contributed by atoms with Crippen LogP contribution in [0.25, 0.3) is 0 Å². The third-order valence-corrected chi connectivity index (χ3v) is 1.50. The molecule has 0 bridgehead atoms. The molecule has 1 N–H and O–H groups in total. The largest absolute Gasteiger partial charge is 0.303 e. The summed E-state index contributed by atoms with van der Waals surface area (Å²) >= 11 is 0. The Labute approximate surface area is 56.6 Å². The molecule has 1 aliphatic heterocycles. The number of hydrogen-bond donors (Lipinski definition) is 1. The molecule has 1 rings (SSSR count). The first-order valence-electron chi connectivity index (χ1n) is 3.30. The van der Waals surface area contributed by atoms with Gasteiger partial charge in [0.15, 0.2) is 0 Å². The van der Waals surface area contributed by atoms with Crippen molar-refractivity contribution in [3.8, 4) is 0 Å². The van der Waals surface area contributed by atoms with Gasteiger partial charge in [-0.05, 0) is 7.05 Å². The fraction of sp³-hybridized carbons (Fsp3) is 1.00. The van der Waals surface area contributed by atoms with Gasteiger partial charge in [-0.15, -0.1) is 0 Å². The number of likely N-dealkylation sites (N-methyl/N-ethyl adjacent to an activating group) is 1. The number of nitrogens with zero attached hydrogens (tertiary/aromatic N) is 2. The van der Waals surface area contributed by atoms with Crippen molar-refractivity contribution in [2.75, 3.05) is 34.2 Å². The first-order chi connectivity index (χ1) is 4.18. The molecule has 3 heteroatoms. The van der Waals surface area contributed by atoms with Gasteiger partial charge in [0.1, 0.15) is 0 Å². The van der Waals surface area contributed by atoms with Crippen molar-refractivity contribution in [2.24, 2.45) is 0 Å². The molecule has 0 spiro atoms. The van der Waals surface area contributed by atoms with Crippen LogP contribution in [-0.2, 0) is 0 Å². The van der Waals surface area contributed by atoms with Gasteiger partial charge in [-0.25, -0.2) is 0 Å². The Morgan fingerprint density at radius 2 is 2.00 bits per heavy atom. The van der Waals surface area contributed by atoms with Crippen LogP contribution >= 0.6 is 0 Å². The third-order valence-electron chi connectivity index (χ3n) is 1.50. The van der Waals surface area contributed by atoms with Gasteiger partial charge >= 0.3 is 0 Å². The lowest BCUT2D eigenvalue weighted by Crippen LogP contribution is -2.59. The molecule has 1 saturated heterocycles. The van der Waals surface area contributed by atoms with Crippen molar-refractivity contribution in [3.05, 3.63) is 0 Å². The maximum Gasteiger partial charge on any atom is 0.0469 e. The Balaban J connectivity index is 2.04. The van der Waals surface area contributed by atoms with Crippen molar-refractivity contribution >= 4 is 0 Å². The molecule has 1 aliphatic rings. The highest BCUT2D eigenvalue weighted by Gasteiger charge is 2.22. The molecule has 9 heavy (non-hydrogen) atoms. The molecule has 3 nitrogen and oxygen atoms in total. The number of hydrogen-bond acceptors (Lipinski definition) is 3. The molecule has 1 fully saturated rings. The Hall–Kier alpha value is -0.120. The second-order valence-corrected chi connectivity index (χ2v) is 2.94. The van der Waals surface area contributed by atoms with E-state index in [1.165, 1.54) is 13.1 Å².